The molecule has 0 spiro atoms. The predicted octanol–water partition coefficient (Wildman–Crippen LogP) is 1.25. The van der Waals surface area contributed by atoms with Crippen LogP contribution < -0.4 is 11.5 Å². The molecule has 6 heteroatoms. The van der Waals surface area contributed by atoms with E-state index in [9.17, 15) is 8.78 Å². The molecule has 4 N–H and O–H groups in total. The number of pyridine rings is 1. The van der Waals surface area contributed by atoms with Crippen molar-refractivity contribution in [3.8, 4) is 6.07 Å². The number of halogens is 2. The van der Waals surface area contributed by atoms with Gasteiger partial charge in [0, 0.05) is 17.3 Å². The minimum atomic E-state index is -2.77. The fourth-order valence-corrected chi connectivity index (χ4v) is 1.09. The van der Waals surface area contributed by atoms with E-state index >= 15 is 0 Å². The average Bonchev–Trinajstić information content (AvgIpc) is 2.09. The van der Waals surface area contributed by atoms with Gasteiger partial charge in [0.1, 0.15) is 11.5 Å². The summed E-state index contributed by atoms with van der Waals surface area (Å²) in [7, 11) is 0. The Morgan fingerprint density at radius 3 is 2.64 bits per heavy atom. The summed E-state index contributed by atoms with van der Waals surface area (Å²) in [4.78, 5) is 3.45. The number of aromatic nitrogens is 1. The van der Waals surface area contributed by atoms with Crippen molar-refractivity contribution in [3.63, 3.8) is 0 Å². The molecule has 1 rings (SSSR count). The number of nitriles is 1. The first-order chi connectivity index (χ1) is 6.56. The highest BCUT2D eigenvalue weighted by atomic mass is 19.3. The zero-order valence-electron chi connectivity index (χ0n) is 7.17. The van der Waals surface area contributed by atoms with Gasteiger partial charge in [0.05, 0.1) is 12.5 Å². The monoisotopic (exact) mass is 198 g/mol. The van der Waals surface area contributed by atoms with Gasteiger partial charge in [-0.15, -0.1) is 0 Å². The number of alkyl halides is 2. The second-order valence-corrected chi connectivity index (χ2v) is 2.64. The normalized spacial score (nSPS) is 10.1. The molecule has 1 aromatic rings. The third-order valence-electron chi connectivity index (χ3n) is 1.67. The molecule has 0 aromatic carbocycles. The fourth-order valence-electron chi connectivity index (χ4n) is 1.09. The van der Waals surface area contributed by atoms with Crippen molar-refractivity contribution >= 4 is 11.5 Å². The highest BCUT2D eigenvalue weighted by molar-refractivity contribution is 5.56. The Balaban J connectivity index is 3.30. The molecule has 0 radical (unpaired) electrons. The van der Waals surface area contributed by atoms with Crippen LogP contribution in [0.15, 0.2) is 6.07 Å². The van der Waals surface area contributed by atoms with Crippen LogP contribution in [0.3, 0.4) is 0 Å². The summed E-state index contributed by atoms with van der Waals surface area (Å²) in [6, 6.07) is 3.01. The van der Waals surface area contributed by atoms with Gasteiger partial charge in [-0.1, -0.05) is 0 Å². The van der Waals surface area contributed by atoms with Crippen LogP contribution in [0.25, 0.3) is 0 Å². The third kappa shape index (κ3) is 1.88. The highest BCUT2D eigenvalue weighted by Gasteiger charge is 2.17. The van der Waals surface area contributed by atoms with Gasteiger partial charge in [-0.3, -0.25) is 0 Å². The van der Waals surface area contributed by atoms with Crippen molar-refractivity contribution in [2.45, 2.75) is 12.8 Å². The van der Waals surface area contributed by atoms with E-state index in [-0.39, 0.29) is 23.5 Å². The number of nitrogen functional groups attached to an aromatic ring is 2. The molecule has 0 aliphatic heterocycles. The van der Waals surface area contributed by atoms with Gasteiger partial charge in [-0.25, -0.2) is 13.8 Å². The van der Waals surface area contributed by atoms with E-state index in [2.05, 4.69) is 4.98 Å². The maximum Gasteiger partial charge on any atom is 0.280 e. The van der Waals surface area contributed by atoms with Crippen molar-refractivity contribution in [1.82, 2.24) is 4.98 Å². The van der Waals surface area contributed by atoms with Crippen molar-refractivity contribution in [3.05, 3.63) is 17.3 Å². The predicted molar refractivity (Wildman–Crippen MR) is 47.3 cm³/mol. The number of hydrogen-bond acceptors (Lipinski definition) is 4. The third-order valence-corrected chi connectivity index (χ3v) is 1.67. The molecule has 0 fully saturated rings. The molecular formula is C8H8F2N4. The quantitative estimate of drug-likeness (QED) is 0.748. The minimum absolute atomic E-state index is 0.0525. The molecule has 74 valence electrons. The van der Waals surface area contributed by atoms with E-state index in [1.54, 1.807) is 6.07 Å². The summed E-state index contributed by atoms with van der Waals surface area (Å²) in [6.45, 7) is 0. The number of nitrogens with two attached hydrogens (primary N) is 2. The van der Waals surface area contributed by atoms with E-state index < -0.39 is 12.1 Å². The van der Waals surface area contributed by atoms with E-state index in [1.807, 2.05) is 0 Å². The van der Waals surface area contributed by atoms with Crippen molar-refractivity contribution in [1.29, 1.82) is 5.26 Å². The summed E-state index contributed by atoms with van der Waals surface area (Å²) in [5, 5.41) is 8.41. The number of rotatable bonds is 2. The number of hydrogen-bond donors (Lipinski definition) is 2. The van der Waals surface area contributed by atoms with Gasteiger partial charge in [-0.2, -0.15) is 5.26 Å². The van der Waals surface area contributed by atoms with Crippen molar-refractivity contribution in [2.75, 3.05) is 11.5 Å². The molecule has 0 unspecified atom stereocenters. The van der Waals surface area contributed by atoms with Crippen LogP contribution in [0.2, 0.25) is 0 Å². The Kier molecular flexibility index (Phi) is 2.82. The van der Waals surface area contributed by atoms with Crippen LogP contribution in [0, 0.1) is 11.3 Å². The topological polar surface area (TPSA) is 88.7 Å². The van der Waals surface area contributed by atoms with Gasteiger partial charge in [0.15, 0.2) is 0 Å². The Morgan fingerprint density at radius 1 is 1.50 bits per heavy atom. The molecule has 0 saturated carbocycles. The van der Waals surface area contributed by atoms with Gasteiger partial charge in [0.25, 0.3) is 6.43 Å². The number of nitrogens with zero attached hydrogens (tertiary/aromatic N) is 2. The van der Waals surface area contributed by atoms with E-state index in [1.165, 1.54) is 6.07 Å². The summed E-state index contributed by atoms with van der Waals surface area (Å²) in [6.07, 6.45) is -2.97. The Morgan fingerprint density at radius 2 is 2.14 bits per heavy atom. The molecule has 1 heterocycles. The van der Waals surface area contributed by atoms with Gasteiger partial charge in [0.2, 0.25) is 0 Å². The average molecular weight is 198 g/mol. The van der Waals surface area contributed by atoms with Crippen LogP contribution >= 0.6 is 0 Å². The summed E-state index contributed by atoms with van der Waals surface area (Å²) in [5.74, 6) is -0.0699. The fraction of sp³-hybridized carbons (Fsp3) is 0.250. The number of anilines is 2. The molecule has 0 atom stereocenters. The van der Waals surface area contributed by atoms with Crippen LogP contribution in [0.1, 0.15) is 17.7 Å². The van der Waals surface area contributed by atoms with E-state index in [0.29, 0.717) is 0 Å². The first-order valence-electron chi connectivity index (χ1n) is 3.76. The first kappa shape index (κ1) is 10.2. The minimum Gasteiger partial charge on any atom is -0.398 e. The molecule has 0 amide bonds. The summed E-state index contributed by atoms with van der Waals surface area (Å²) in [5.41, 5.74) is 10.3. The Bertz CT molecular complexity index is 384. The maximum absolute atomic E-state index is 12.4. The molecular weight excluding hydrogens is 190 g/mol. The van der Waals surface area contributed by atoms with Crippen LogP contribution in [0.5, 0.6) is 0 Å². The molecule has 4 nitrogen and oxygen atoms in total. The lowest BCUT2D eigenvalue weighted by Crippen LogP contribution is -2.06. The lowest BCUT2D eigenvalue weighted by molar-refractivity contribution is 0.145. The highest BCUT2D eigenvalue weighted by Crippen LogP contribution is 2.26. The maximum atomic E-state index is 12.4. The van der Waals surface area contributed by atoms with E-state index in [4.69, 9.17) is 16.7 Å². The molecule has 0 bridgehead atoms. The van der Waals surface area contributed by atoms with Crippen molar-refractivity contribution < 1.29 is 8.78 Å². The molecule has 0 aliphatic carbocycles. The van der Waals surface area contributed by atoms with Crippen LogP contribution in [0.4, 0.5) is 20.3 Å². The smallest absolute Gasteiger partial charge is 0.280 e. The summed E-state index contributed by atoms with van der Waals surface area (Å²) < 4.78 is 24.9. The lowest BCUT2D eigenvalue weighted by Gasteiger charge is -2.08. The Labute approximate surface area is 79.1 Å². The second-order valence-electron chi connectivity index (χ2n) is 2.64. The molecule has 1 aromatic heterocycles. The standard InChI is InChI=1S/C8H8F2N4/c9-8(10)7-4(1-2-11)5(12)3-6(13)14-7/h3,8H,1H2,(H4,12,13,14). The first-order valence-corrected chi connectivity index (χ1v) is 3.76. The summed E-state index contributed by atoms with van der Waals surface area (Å²) >= 11 is 0. The zero-order chi connectivity index (χ0) is 10.7. The van der Waals surface area contributed by atoms with Gasteiger partial charge < -0.3 is 11.5 Å². The van der Waals surface area contributed by atoms with Crippen molar-refractivity contribution in [2.24, 2.45) is 0 Å². The van der Waals surface area contributed by atoms with Gasteiger partial charge >= 0.3 is 0 Å². The SMILES string of the molecule is N#CCc1c(N)cc(N)nc1C(F)F. The molecule has 14 heavy (non-hydrogen) atoms. The molecule has 0 aliphatic rings. The van der Waals surface area contributed by atoms with Crippen LogP contribution in [-0.4, -0.2) is 4.98 Å². The van der Waals surface area contributed by atoms with Crippen LogP contribution in [-0.2, 0) is 6.42 Å². The zero-order valence-corrected chi connectivity index (χ0v) is 7.17. The van der Waals surface area contributed by atoms with Gasteiger partial charge in [-0.05, 0) is 0 Å². The second kappa shape index (κ2) is 3.87. The Hall–Kier alpha value is -1.90. The largest absolute Gasteiger partial charge is 0.398 e. The molecule has 0 saturated heterocycles. The van der Waals surface area contributed by atoms with E-state index in [0.717, 1.165) is 0 Å². The lowest BCUT2D eigenvalue weighted by atomic mass is 10.1.